The van der Waals surface area contributed by atoms with Crippen LogP contribution in [0, 0.1) is 11.7 Å². The van der Waals surface area contributed by atoms with Crippen LogP contribution in [0.3, 0.4) is 0 Å². The van der Waals surface area contributed by atoms with Gasteiger partial charge in [-0.05, 0) is 43.2 Å². The van der Waals surface area contributed by atoms with E-state index in [0.717, 1.165) is 23.2 Å². The number of hydrogen-bond donors (Lipinski definition) is 1. The second kappa shape index (κ2) is 8.57. The number of aromatic amines is 1. The Bertz CT molecular complexity index is 1190. The van der Waals surface area contributed by atoms with E-state index in [4.69, 9.17) is 11.6 Å². The fourth-order valence-electron chi connectivity index (χ4n) is 3.82. The van der Waals surface area contributed by atoms with Crippen LogP contribution >= 0.6 is 11.6 Å². The van der Waals surface area contributed by atoms with Gasteiger partial charge in [-0.2, -0.15) is 4.31 Å². The Morgan fingerprint density at radius 1 is 1.26 bits per heavy atom. The summed E-state index contributed by atoms with van der Waals surface area (Å²) in [5.41, 5.74) is 1.76. The van der Waals surface area contributed by atoms with E-state index in [2.05, 4.69) is 9.97 Å². The lowest BCUT2D eigenvalue weighted by Crippen LogP contribution is -2.43. The smallest absolute Gasteiger partial charge is 0.243 e. The van der Waals surface area contributed by atoms with Gasteiger partial charge in [0.25, 0.3) is 0 Å². The van der Waals surface area contributed by atoms with Gasteiger partial charge in [0.1, 0.15) is 11.6 Å². The molecule has 0 bridgehead atoms. The normalized spacial score (nSPS) is 16.0. The predicted octanol–water partition coefficient (Wildman–Crippen LogP) is 3.41. The number of fused-ring (bicyclic) bond motifs is 1. The van der Waals surface area contributed by atoms with Gasteiger partial charge in [-0.15, -0.1) is 0 Å². The van der Waals surface area contributed by atoms with Crippen molar-refractivity contribution in [1.82, 2.24) is 19.2 Å². The van der Waals surface area contributed by atoms with Gasteiger partial charge in [0.2, 0.25) is 15.9 Å². The Balaban J connectivity index is 1.38. The van der Waals surface area contributed by atoms with Gasteiger partial charge < -0.3 is 9.88 Å². The number of imidazole rings is 1. The number of piperidine rings is 1. The first-order valence-corrected chi connectivity index (χ1v) is 11.7. The highest BCUT2D eigenvalue weighted by Crippen LogP contribution is 2.27. The second-order valence-electron chi connectivity index (χ2n) is 7.65. The molecular formula is C21H22ClFN4O3S. The van der Waals surface area contributed by atoms with Crippen molar-refractivity contribution in [1.29, 1.82) is 0 Å². The van der Waals surface area contributed by atoms with Crippen molar-refractivity contribution < 1.29 is 17.6 Å². The number of amides is 1. The van der Waals surface area contributed by atoms with Crippen LogP contribution in [0.15, 0.2) is 47.4 Å². The van der Waals surface area contributed by atoms with Gasteiger partial charge in [0, 0.05) is 26.1 Å². The summed E-state index contributed by atoms with van der Waals surface area (Å²) in [6, 6.07) is 11.0. The molecule has 3 aromatic rings. The third kappa shape index (κ3) is 4.44. The quantitative estimate of drug-likeness (QED) is 0.627. The van der Waals surface area contributed by atoms with Crippen molar-refractivity contribution in [2.75, 3.05) is 20.1 Å². The van der Waals surface area contributed by atoms with Crippen molar-refractivity contribution in [2.45, 2.75) is 24.3 Å². The van der Waals surface area contributed by atoms with Gasteiger partial charge in [-0.25, -0.2) is 17.8 Å². The van der Waals surface area contributed by atoms with E-state index in [1.807, 2.05) is 24.3 Å². The first-order chi connectivity index (χ1) is 14.8. The molecule has 0 atom stereocenters. The van der Waals surface area contributed by atoms with Crippen LogP contribution in [0.1, 0.15) is 18.7 Å². The standard InChI is InChI=1S/C21H22ClFN4O3S/c1-26(13-20-24-18-4-2-3-5-19(18)25-20)21(28)14-8-10-27(11-9-14)31(29,30)15-6-7-17(23)16(22)12-15/h2-7,12,14H,8-11,13H2,1H3,(H,24,25). The molecule has 31 heavy (non-hydrogen) atoms. The minimum atomic E-state index is -3.79. The number of carbonyl (C=O) groups excluding carboxylic acids is 1. The number of carbonyl (C=O) groups is 1. The van der Waals surface area contributed by atoms with Crippen LogP contribution in [0.2, 0.25) is 5.02 Å². The zero-order valence-corrected chi connectivity index (χ0v) is 18.5. The van der Waals surface area contributed by atoms with Gasteiger partial charge in [0.15, 0.2) is 0 Å². The molecule has 10 heteroatoms. The van der Waals surface area contributed by atoms with Crippen molar-refractivity contribution in [3.63, 3.8) is 0 Å². The van der Waals surface area contributed by atoms with Crippen molar-refractivity contribution in [2.24, 2.45) is 5.92 Å². The zero-order valence-electron chi connectivity index (χ0n) is 16.9. The van der Waals surface area contributed by atoms with E-state index in [-0.39, 0.29) is 34.8 Å². The predicted molar refractivity (Wildman–Crippen MR) is 115 cm³/mol. The Labute approximate surface area is 184 Å². The summed E-state index contributed by atoms with van der Waals surface area (Å²) < 4.78 is 40.3. The highest BCUT2D eigenvalue weighted by molar-refractivity contribution is 7.89. The van der Waals surface area contributed by atoms with Crippen molar-refractivity contribution >= 4 is 38.6 Å². The van der Waals surface area contributed by atoms with Crippen LogP contribution in [0.25, 0.3) is 11.0 Å². The van der Waals surface area contributed by atoms with E-state index in [1.165, 1.54) is 10.4 Å². The highest BCUT2D eigenvalue weighted by atomic mass is 35.5. The van der Waals surface area contributed by atoms with Gasteiger partial charge in [-0.1, -0.05) is 23.7 Å². The summed E-state index contributed by atoms with van der Waals surface area (Å²) in [7, 11) is -2.07. The van der Waals surface area contributed by atoms with Gasteiger partial charge in [0.05, 0.1) is 27.5 Å². The molecule has 1 aliphatic rings. The first-order valence-electron chi connectivity index (χ1n) is 9.89. The molecule has 0 saturated carbocycles. The molecular weight excluding hydrogens is 443 g/mol. The summed E-state index contributed by atoms with van der Waals surface area (Å²) in [4.78, 5) is 22.2. The van der Waals surface area contributed by atoms with E-state index in [1.54, 1.807) is 11.9 Å². The molecule has 1 aliphatic heterocycles. The molecule has 0 radical (unpaired) electrons. The lowest BCUT2D eigenvalue weighted by atomic mass is 9.97. The molecule has 1 amide bonds. The third-order valence-corrected chi connectivity index (χ3v) is 7.72. The number of benzene rings is 2. The zero-order chi connectivity index (χ0) is 22.2. The molecule has 1 N–H and O–H groups in total. The second-order valence-corrected chi connectivity index (χ2v) is 9.99. The minimum absolute atomic E-state index is 0.0395. The summed E-state index contributed by atoms with van der Waals surface area (Å²) >= 11 is 5.73. The molecule has 4 rings (SSSR count). The number of para-hydroxylation sites is 2. The Morgan fingerprint density at radius 3 is 2.65 bits per heavy atom. The Hall–Kier alpha value is -2.49. The summed E-state index contributed by atoms with van der Waals surface area (Å²) in [6.07, 6.45) is 0.828. The number of sulfonamides is 1. The molecule has 1 saturated heterocycles. The molecule has 2 aromatic carbocycles. The number of nitrogens with zero attached hydrogens (tertiary/aromatic N) is 3. The lowest BCUT2D eigenvalue weighted by molar-refractivity contribution is -0.136. The summed E-state index contributed by atoms with van der Waals surface area (Å²) in [5, 5.41) is -0.238. The van der Waals surface area contributed by atoms with E-state index in [0.29, 0.717) is 25.2 Å². The van der Waals surface area contributed by atoms with E-state index in [9.17, 15) is 17.6 Å². The fourth-order valence-corrected chi connectivity index (χ4v) is 5.57. The molecule has 7 nitrogen and oxygen atoms in total. The number of hydrogen-bond acceptors (Lipinski definition) is 4. The van der Waals surface area contributed by atoms with Crippen molar-refractivity contribution in [3.05, 3.63) is 59.1 Å². The monoisotopic (exact) mass is 464 g/mol. The number of nitrogens with one attached hydrogen (secondary N) is 1. The van der Waals surface area contributed by atoms with Crippen LogP contribution in [-0.2, 0) is 21.4 Å². The van der Waals surface area contributed by atoms with Crippen LogP contribution in [-0.4, -0.2) is 53.6 Å². The molecule has 2 heterocycles. The topological polar surface area (TPSA) is 86.4 Å². The van der Waals surface area contributed by atoms with Crippen molar-refractivity contribution in [3.8, 4) is 0 Å². The number of H-pyrrole nitrogens is 1. The number of aromatic nitrogens is 2. The van der Waals surface area contributed by atoms with Crippen LogP contribution < -0.4 is 0 Å². The molecule has 1 fully saturated rings. The average molecular weight is 465 g/mol. The molecule has 0 unspecified atom stereocenters. The number of rotatable bonds is 5. The lowest BCUT2D eigenvalue weighted by Gasteiger charge is -2.32. The molecule has 164 valence electrons. The fraction of sp³-hybridized carbons (Fsp3) is 0.333. The third-order valence-electron chi connectivity index (χ3n) is 5.53. The first kappa shape index (κ1) is 21.7. The largest absolute Gasteiger partial charge is 0.340 e. The molecule has 1 aromatic heterocycles. The maximum Gasteiger partial charge on any atom is 0.243 e. The molecule has 0 aliphatic carbocycles. The maximum absolute atomic E-state index is 13.4. The summed E-state index contributed by atoms with van der Waals surface area (Å²) in [5.74, 6) is -0.275. The maximum atomic E-state index is 13.4. The van der Waals surface area contributed by atoms with Gasteiger partial charge in [-0.3, -0.25) is 4.79 Å². The van der Waals surface area contributed by atoms with E-state index < -0.39 is 15.8 Å². The van der Waals surface area contributed by atoms with Crippen LogP contribution in [0.4, 0.5) is 4.39 Å². The Kier molecular flexibility index (Phi) is 6.00. The Morgan fingerprint density at radius 2 is 1.97 bits per heavy atom. The van der Waals surface area contributed by atoms with E-state index >= 15 is 0 Å². The highest BCUT2D eigenvalue weighted by Gasteiger charge is 2.33. The summed E-state index contributed by atoms with van der Waals surface area (Å²) in [6.45, 7) is 0.776. The minimum Gasteiger partial charge on any atom is -0.340 e. The van der Waals surface area contributed by atoms with Crippen LogP contribution in [0.5, 0.6) is 0 Å². The molecule has 0 spiro atoms. The average Bonchev–Trinajstić information content (AvgIpc) is 3.17. The SMILES string of the molecule is CN(Cc1nc2ccccc2[nH]1)C(=O)C1CCN(S(=O)(=O)c2ccc(F)c(Cl)c2)CC1. The van der Waals surface area contributed by atoms with Gasteiger partial charge >= 0.3 is 0 Å². The number of halogens is 2.